The first-order chi connectivity index (χ1) is 15.4. The van der Waals surface area contributed by atoms with Gasteiger partial charge in [-0.3, -0.25) is 14.2 Å². The highest BCUT2D eigenvalue weighted by Crippen LogP contribution is 2.22. The van der Waals surface area contributed by atoms with Crippen LogP contribution in [0.5, 0.6) is 0 Å². The fourth-order valence-electron chi connectivity index (χ4n) is 3.16. The van der Waals surface area contributed by atoms with Gasteiger partial charge in [0.2, 0.25) is 0 Å². The van der Waals surface area contributed by atoms with E-state index in [-0.39, 0.29) is 12.0 Å². The van der Waals surface area contributed by atoms with E-state index >= 15 is 0 Å². The minimum absolute atomic E-state index is 0.0567. The van der Waals surface area contributed by atoms with Gasteiger partial charge in [-0.05, 0) is 54.6 Å². The van der Waals surface area contributed by atoms with E-state index < -0.39 is 17.3 Å². The van der Waals surface area contributed by atoms with Crippen molar-refractivity contribution in [2.45, 2.75) is 13.5 Å². The zero-order chi connectivity index (χ0) is 22.7. The molecule has 2 aromatic heterocycles. The molecule has 4 aromatic rings. The van der Waals surface area contributed by atoms with Gasteiger partial charge in [-0.1, -0.05) is 29.8 Å². The van der Waals surface area contributed by atoms with Crippen molar-refractivity contribution >= 4 is 40.6 Å². The van der Waals surface area contributed by atoms with E-state index in [9.17, 15) is 14.0 Å². The quantitative estimate of drug-likeness (QED) is 0.409. The fraction of sp³-hybridized carbons (Fsp3) is 0.0833. The smallest absolute Gasteiger partial charge is 0.303 e. The maximum absolute atomic E-state index is 13.8. The molecule has 0 amide bonds. The number of carbonyl (C=O) groups excluding carboxylic acids is 1. The van der Waals surface area contributed by atoms with Gasteiger partial charge >= 0.3 is 5.97 Å². The number of benzene rings is 2. The van der Waals surface area contributed by atoms with Gasteiger partial charge in [0.15, 0.2) is 0 Å². The third-order valence-electron chi connectivity index (χ3n) is 4.60. The molecule has 160 valence electrons. The van der Waals surface area contributed by atoms with Crippen molar-refractivity contribution in [3.8, 4) is 5.69 Å². The number of nitrogens with zero attached hydrogens (tertiary/aromatic N) is 3. The average molecular weight is 450 g/mol. The van der Waals surface area contributed by atoms with Gasteiger partial charge in [0.25, 0.3) is 5.56 Å². The summed E-state index contributed by atoms with van der Waals surface area (Å²) < 4.78 is 20.1. The molecule has 0 aliphatic heterocycles. The Morgan fingerprint density at radius 1 is 1.09 bits per heavy atom. The maximum Gasteiger partial charge on any atom is 0.303 e. The van der Waals surface area contributed by atoms with Crippen LogP contribution in [0.3, 0.4) is 0 Å². The summed E-state index contributed by atoms with van der Waals surface area (Å²) in [7, 11) is 0. The Morgan fingerprint density at radius 2 is 1.91 bits per heavy atom. The molecule has 0 radical (unpaired) electrons. The van der Waals surface area contributed by atoms with Gasteiger partial charge in [0.05, 0.1) is 33.0 Å². The number of hydrogen-bond acceptors (Lipinski definition) is 5. The third kappa shape index (κ3) is 4.58. The highest BCUT2D eigenvalue weighted by atomic mass is 35.5. The van der Waals surface area contributed by atoms with E-state index in [0.29, 0.717) is 33.4 Å². The lowest BCUT2D eigenvalue weighted by Crippen LogP contribution is -2.22. The number of esters is 1. The third-order valence-corrected chi connectivity index (χ3v) is 4.92. The number of pyridine rings is 1. The predicted octanol–water partition coefficient (Wildman–Crippen LogP) is 4.81. The summed E-state index contributed by atoms with van der Waals surface area (Å²) in [5, 5.41) is 0.492. The zero-order valence-electron chi connectivity index (χ0n) is 17.0. The summed E-state index contributed by atoms with van der Waals surface area (Å²) in [6.07, 6.45) is 3.31. The monoisotopic (exact) mass is 449 g/mol. The SMILES string of the molecule is CC(=O)OCc1cccc(/C=C\c2nc3ccc(F)cc3c(=O)n2-c2ccccc2Cl)n1. The Bertz CT molecular complexity index is 1420. The largest absolute Gasteiger partial charge is 0.459 e. The number of fused-ring (bicyclic) bond motifs is 1. The van der Waals surface area contributed by atoms with Crippen LogP contribution in [-0.2, 0) is 16.1 Å². The predicted molar refractivity (Wildman–Crippen MR) is 121 cm³/mol. The number of hydrogen-bond donors (Lipinski definition) is 0. The Balaban J connectivity index is 1.83. The summed E-state index contributed by atoms with van der Waals surface area (Å²) in [6, 6.07) is 16.0. The second-order valence-corrected chi connectivity index (χ2v) is 7.30. The van der Waals surface area contributed by atoms with Crippen LogP contribution in [-0.4, -0.2) is 20.5 Å². The first-order valence-corrected chi connectivity index (χ1v) is 10.0. The van der Waals surface area contributed by atoms with Crippen LogP contribution in [0.2, 0.25) is 5.02 Å². The molecule has 0 spiro atoms. The molecule has 0 saturated heterocycles. The van der Waals surface area contributed by atoms with Crippen molar-refractivity contribution in [1.82, 2.24) is 14.5 Å². The van der Waals surface area contributed by atoms with Gasteiger partial charge in [-0.2, -0.15) is 0 Å². The number of carbonyl (C=O) groups is 1. The molecule has 4 rings (SSSR count). The topological polar surface area (TPSA) is 74.1 Å². The maximum atomic E-state index is 13.8. The van der Waals surface area contributed by atoms with Gasteiger partial charge < -0.3 is 4.74 Å². The molecule has 2 aromatic carbocycles. The first kappa shape index (κ1) is 21.4. The van der Waals surface area contributed by atoms with Gasteiger partial charge in [-0.25, -0.2) is 14.4 Å². The molecule has 6 nitrogen and oxygen atoms in total. The van der Waals surface area contributed by atoms with Gasteiger partial charge in [0, 0.05) is 6.92 Å². The summed E-state index contributed by atoms with van der Waals surface area (Å²) in [5.41, 5.74) is 1.49. The average Bonchev–Trinajstić information content (AvgIpc) is 2.78. The Kier molecular flexibility index (Phi) is 6.09. The van der Waals surface area contributed by atoms with E-state index in [0.717, 1.165) is 6.07 Å². The van der Waals surface area contributed by atoms with Crippen LogP contribution in [0.1, 0.15) is 24.1 Å². The van der Waals surface area contributed by atoms with E-state index in [1.165, 1.54) is 23.6 Å². The molecule has 0 aliphatic rings. The van der Waals surface area contributed by atoms with Crippen LogP contribution in [0, 0.1) is 5.82 Å². The van der Waals surface area contributed by atoms with E-state index in [1.54, 1.807) is 54.6 Å². The fourth-order valence-corrected chi connectivity index (χ4v) is 3.38. The zero-order valence-corrected chi connectivity index (χ0v) is 17.7. The summed E-state index contributed by atoms with van der Waals surface area (Å²) in [6.45, 7) is 1.39. The molecule has 0 saturated carbocycles. The van der Waals surface area contributed by atoms with Crippen molar-refractivity contribution < 1.29 is 13.9 Å². The minimum Gasteiger partial charge on any atom is -0.459 e. The Hall–Kier alpha value is -3.84. The summed E-state index contributed by atoms with van der Waals surface area (Å²) in [5.74, 6) is -0.623. The molecule has 0 fully saturated rings. The number of aromatic nitrogens is 3. The lowest BCUT2D eigenvalue weighted by Gasteiger charge is -2.13. The van der Waals surface area contributed by atoms with Crippen molar-refractivity contribution in [2.75, 3.05) is 0 Å². The number of rotatable bonds is 5. The van der Waals surface area contributed by atoms with Crippen molar-refractivity contribution in [2.24, 2.45) is 0 Å². The van der Waals surface area contributed by atoms with Gasteiger partial charge in [0.1, 0.15) is 18.2 Å². The standard InChI is InChI=1S/C24H17ClFN3O3/c1-15(30)32-14-18-6-4-5-17(27-18)10-12-23-28-21-11-9-16(26)13-19(21)24(31)29(23)22-8-3-2-7-20(22)25/h2-13H,14H2,1H3/b12-10-. The number of ether oxygens (including phenoxy) is 1. The number of halogens is 2. The van der Waals surface area contributed by atoms with E-state index in [4.69, 9.17) is 16.3 Å². The minimum atomic E-state index is -0.529. The molecular formula is C24H17ClFN3O3. The van der Waals surface area contributed by atoms with Crippen molar-refractivity contribution in [3.63, 3.8) is 0 Å². The van der Waals surface area contributed by atoms with Crippen molar-refractivity contribution in [1.29, 1.82) is 0 Å². The molecule has 32 heavy (non-hydrogen) atoms. The summed E-state index contributed by atoms with van der Waals surface area (Å²) in [4.78, 5) is 33.3. The first-order valence-electron chi connectivity index (χ1n) is 9.67. The van der Waals surface area contributed by atoms with Crippen molar-refractivity contribution in [3.05, 3.63) is 99.1 Å². The lowest BCUT2D eigenvalue weighted by molar-refractivity contribution is -0.142. The van der Waals surface area contributed by atoms with Crippen LogP contribution in [0.15, 0.2) is 65.5 Å². The van der Waals surface area contributed by atoms with E-state index in [2.05, 4.69) is 9.97 Å². The second-order valence-electron chi connectivity index (χ2n) is 6.89. The van der Waals surface area contributed by atoms with Gasteiger partial charge in [-0.15, -0.1) is 0 Å². The molecule has 2 heterocycles. The molecule has 0 atom stereocenters. The van der Waals surface area contributed by atoms with Crippen LogP contribution < -0.4 is 5.56 Å². The Labute approximate surface area is 187 Å². The normalized spacial score (nSPS) is 11.2. The lowest BCUT2D eigenvalue weighted by atomic mass is 10.2. The molecular weight excluding hydrogens is 433 g/mol. The Morgan fingerprint density at radius 3 is 2.69 bits per heavy atom. The second kappa shape index (κ2) is 9.11. The number of para-hydroxylation sites is 1. The van der Waals surface area contributed by atoms with E-state index in [1.807, 2.05) is 0 Å². The van der Waals surface area contributed by atoms with Crippen LogP contribution in [0.25, 0.3) is 28.7 Å². The highest BCUT2D eigenvalue weighted by molar-refractivity contribution is 6.32. The van der Waals surface area contributed by atoms with Crippen LogP contribution in [0.4, 0.5) is 4.39 Å². The highest BCUT2D eigenvalue weighted by Gasteiger charge is 2.14. The molecule has 0 bridgehead atoms. The molecule has 0 aliphatic carbocycles. The molecule has 8 heteroatoms. The summed E-state index contributed by atoms with van der Waals surface area (Å²) >= 11 is 6.34. The molecule has 0 unspecified atom stereocenters. The van der Waals surface area contributed by atoms with Crippen LogP contribution >= 0.6 is 11.6 Å². The molecule has 0 N–H and O–H groups in total.